The zero-order chi connectivity index (χ0) is 30.5. The normalized spacial score (nSPS) is 20.4. The molecule has 3 atom stereocenters. The second-order valence-electron chi connectivity index (χ2n) is 11.7. The highest BCUT2D eigenvalue weighted by atomic mass is 32.1. The number of amides is 3. The van der Waals surface area contributed by atoms with Gasteiger partial charge in [0.05, 0.1) is 12.6 Å². The molecular formula is C33H42N4O5S. The number of piperazine rings is 1. The Labute approximate surface area is 257 Å². The molecule has 1 aromatic heterocycles. The summed E-state index contributed by atoms with van der Waals surface area (Å²) in [6.07, 6.45) is 5.15. The Morgan fingerprint density at radius 3 is 2.60 bits per heavy atom. The zero-order valence-electron chi connectivity index (χ0n) is 25.0. The quantitative estimate of drug-likeness (QED) is 0.404. The number of allylic oxidation sites excluding steroid dienone is 4. The summed E-state index contributed by atoms with van der Waals surface area (Å²) in [5.41, 5.74) is 5.90. The van der Waals surface area contributed by atoms with E-state index in [0.717, 1.165) is 61.3 Å². The third-order valence-electron chi connectivity index (χ3n) is 8.80. The molecule has 3 amide bonds. The van der Waals surface area contributed by atoms with E-state index >= 15 is 0 Å². The van der Waals surface area contributed by atoms with Crippen LogP contribution in [-0.2, 0) is 27.3 Å². The van der Waals surface area contributed by atoms with Gasteiger partial charge in [-0.2, -0.15) is 0 Å². The first-order valence-corrected chi connectivity index (χ1v) is 16.1. The van der Waals surface area contributed by atoms with Gasteiger partial charge in [-0.25, -0.2) is 0 Å². The van der Waals surface area contributed by atoms with E-state index in [4.69, 9.17) is 0 Å². The molecule has 5 rings (SSSR count). The van der Waals surface area contributed by atoms with Gasteiger partial charge in [0, 0.05) is 50.2 Å². The lowest BCUT2D eigenvalue weighted by molar-refractivity contribution is -0.153. The molecule has 9 nitrogen and oxygen atoms in total. The highest BCUT2D eigenvalue weighted by Crippen LogP contribution is 2.34. The van der Waals surface area contributed by atoms with Gasteiger partial charge in [0.1, 0.15) is 0 Å². The summed E-state index contributed by atoms with van der Waals surface area (Å²) in [4.78, 5) is 44.4. The molecule has 0 bridgehead atoms. The lowest BCUT2D eigenvalue weighted by Crippen LogP contribution is -2.50. The van der Waals surface area contributed by atoms with Crippen LogP contribution >= 0.6 is 11.3 Å². The Bertz CT molecular complexity index is 1390. The second kappa shape index (κ2) is 13.9. The lowest BCUT2D eigenvalue weighted by Gasteiger charge is -2.36. The Balaban J connectivity index is 1.15. The fraction of sp³-hybridized carbons (Fsp3) is 0.485. The number of hydrogen-bond donors (Lipinski definition) is 3. The molecule has 10 heteroatoms. The van der Waals surface area contributed by atoms with Crippen molar-refractivity contribution in [3.63, 3.8) is 0 Å². The summed E-state index contributed by atoms with van der Waals surface area (Å²) in [6, 6.07) is 9.83. The van der Waals surface area contributed by atoms with E-state index in [1.807, 2.05) is 23.1 Å². The number of anilines is 1. The summed E-state index contributed by atoms with van der Waals surface area (Å²) in [7, 11) is 0. The molecule has 230 valence electrons. The van der Waals surface area contributed by atoms with E-state index in [2.05, 4.69) is 46.8 Å². The van der Waals surface area contributed by atoms with Crippen molar-refractivity contribution in [2.75, 3.05) is 37.6 Å². The van der Waals surface area contributed by atoms with Gasteiger partial charge >= 0.3 is 0 Å². The van der Waals surface area contributed by atoms with Crippen molar-refractivity contribution in [1.29, 1.82) is 0 Å². The van der Waals surface area contributed by atoms with Crippen LogP contribution in [0.2, 0.25) is 0 Å². The average Bonchev–Trinajstić information content (AvgIpc) is 3.70. The predicted molar refractivity (Wildman–Crippen MR) is 168 cm³/mol. The molecular weight excluding hydrogens is 564 g/mol. The largest absolute Gasteiger partial charge is 0.380 e. The Morgan fingerprint density at radius 1 is 1.07 bits per heavy atom. The molecule has 43 heavy (non-hydrogen) atoms. The Morgan fingerprint density at radius 2 is 1.86 bits per heavy atom. The summed E-state index contributed by atoms with van der Waals surface area (Å²) in [5.74, 6) is -1.33. The van der Waals surface area contributed by atoms with Crippen molar-refractivity contribution in [2.24, 2.45) is 0 Å². The summed E-state index contributed by atoms with van der Waals surface area (Å²) in [5, 5.41) is 26.2. The van der Waals surface area contributed by atoms with Crippen molar-refractivity contribution in [2.45, 2.75) is 70.7 Å². The number of aliphatic hydroxyl groups excluding tert-OH is 2. The number of rotatable bonds is 9. The molecule has 3 N–H and O–H groups in total. The van der Waals surface area contributed by atoms with Gasteiger partial charge in [0.25, 0.3) is 11.8 Å². The fourth-order valence-corrected chi connectivity index (χ4v) is 7.06. The van der Waals surface area contributed by atoms with E-state index in [-0.39, 0.29) is 18.5 Å². The smallest absolute Gasteiger partial charge is 0.255 e. The van der Waals surface area contributed by atoms with Crippen LogP contribution in [0.15, 0.2) is 59.0 Å². The van der Waals surface area contributed by atoms with Gasteiger partial charge in [-0.3, -0.25) is 14.4 Å². The van der Waals surface area contributed by atoms with Crippen LogP contribution in [0.1, 0.15) is 61.6 Å². The van der Waals surface area contributed by atoms with E-state index < -0.39 is 24.0 Å². The second-order valence-corrected chi connectivity index (χ2v) is 12.7. The standard InChI is InChI=1S/C33H42N4O5S/c1-22-7-3-4-8-25(22)17-24-18-28(43-21-24)20-34-32(41)30(39)31(40)33(42)37-12-6-11-29(37)26-9-5-10-27(19-26)36-15-13-35(14-16-36)23(2)38/h3,5,7,9-10,18-19,21,29-31,39-40H,4,6,8,11-17,20H2,1-2H3,(H,34,41)/t29-,30-,31-/m1/s1. The van der Waals surface area contributed by atoms with Crippen LogP contribution in [0, 0.1) is 0 Å². The molecule has 2 aromatic rings. The molecule has 1 aromatic carbocycles. The molecule has 0 saturated carbocycles. The maximum atomic E-state index is 13.3. The number of nitrogens with zero attached hydrogens (tertiary/aromatic N) is 3. The number of aliphatic hydroxyl groups is 2. The maximum Gasteiger partial charge on any atom is 0.255 e. The van der Waals surface area contributed by atoms with Crippen molar-refractivity contribution in [3.05, 3.63) is 75.0 Å². The maximum absolute atomic E-state index is 13.3. The highest BCUT2D eigenvalue weighted by molar-refractivity contribution is 7.10. The van der Waals surface area contributed by atoms with Crippen LogP contribution in [0.3, 0.4) is 0 Å². The summed E-state index contributed by atoms with van der Waals surface area (Å²) >= 11 is 1.54. The molecule has 0 unspecified atom stereocenters. The monoisotopic (exact) mass is 606 g/mol. The molecule has 2 fully saturated rings. The number of nitrogens with one attached hydrogen (secondary N) is 1. The van der Waals surface area contributed by atoms with Gasteiger partial charge in [-0.05, 0) is 73.7 Å². The molecule has 3 heterocycles. The van der Waals surface area contributed by atoms with Crippen molar-refractivity contribution >= 4 is 34.7 Å². The third kappa shape index (κ3) is 7.37. The predicted octanol–water partition coefficient (Wildman–Crippen LogP) is 3.33. The minimum absolute atomic E-state index is 0.0830. The number of carbonyl (C=O) groups excluding carboxylic acids is 3. The fourth-order valence-electron chi connectivity index (χ4n) is 6.23. The molecule has 3 aliphatic rings. The zero-order valence-corrected chi connectivity index (χ0v) is 25.8. The van der Waals surface area contributed by atoms with Crippen molar-refractivity contribution in [1.82, 2.24) is 15.1 Å². The van der Waals surface area contributed by atoms with Gasteiger partial charge in [0.15, 0.2) is 12.2 Å². The Hall–Kier alpha value is -3.47. The Kier molecular flexibility index (Phi) is 10.00. The topological polar surface area (TPSA) is 113 Å². The van der Waals surface area contributed by atoms with Gasteiger partial charge in [-0.1, -0.05) is 35.4 Å². The number of thiophene rings is 1. The third-order valence-corrected chi connectivity index (χ3v) is 9.79. The van der Waals surface area contributed by atoms with Gasteiger partial charge in [0.2, 0.25) is 5.91 Å². The van der Waals surface area contributed by atoms with Crippen molar-refractivity contribution < 1.29 is 24.6 Å². The molecule has 1 aliphatic carbocycles. The average molecular weight is 607 g/mol. The first-order chi connectivity index (χ1) is 20.7. The first kappa shape index (κ1) is 31.0. The van der Waals surface area contributed by atoms with Crippen molar-refractivity contribution in [3.8, 4) is 0 Å². The molecule has 0 spiro atoms. The number of benzene rings is 1. The van der Waals surface area contributed by atoms with Crippen LogP contribution in [0.25, 0.3) is 0 Å². The molecule has 0 radical (unpaired) electrons. The van der Waals surface area contributed by atoms with Gasteiger partial charge in [-0.15, -0.1) is 11.3 Å². The molecule has 2 aliphatic heterocycles. The van der Waals surface area contributed by atoms with E-state index in [0.29, 0.717) is 19.6 Å². The highest BCUT2D eigenvalue weighted by Gasteiger charge is 2.38. The first-order valence-electron chi connectivity index (χ1n) is 15.2. The number of likely N-dealkylation sites (tertiary alicyclic amines) is 1. The summed E-state index contributed by atoms with van der Waals surface area (Å²) in [6.45, 7) is 7.20. The van der Waals surface area contributed by atoms with E-state index in [1.165, 1.54) is 16.7 Å². The van der Waals surface area contributed by atoms with Crippen LogP contribution in [-0.4, -0.2) is 82.7 Å². The minimum Gasteiger partial charge on any atom is -0.380 e. The lowest BCUT2D eigenvalue weighted by atomic mass is 9.94. The van der Waals surface area contributed by atoms with Crippen LogP contribution in [0.5, 0.6) is 0 Å². The number of hydrogen-bond acceptors (Lipinski definition) is 7. The number of carbonyl (C=O) groups is 3. The minimum atomic E-state index is -1.86. The van der Waals surface area contributed by atoms with E-state index in [1.54, 1.807) is 23.2 Å². The van der Waals surface area contributed by atoms with E-state index in [9.17, 15) is 24.6 Å². The van der Waals surface area contributed by atoms with Crippen LogP contribution < -0.4 is 10.2 Å². The molecule has 2 saturated heterocycles. The van der Waals surface area contributed by atoms with Gasteiger partial charge < -0.3 is 30.2 Å². The van der Waals surface area contributed by atoms with Crippen LogP contribution in [0.4, 0.5) is 5.69 Å². The SMILES string of the molecule is CC(=O)N1CCN(c2cccc([C@H]3CCCN3C(=O)[C@H](O)[C@@H](O)C(=O)NCc3cc(CC4=C(C)C=CCC4)cs3)c2)CC1. The summed E-state index contributed by atoms with van der Waals surface area (Å²) < 4.78 is 0.